The Balaban J connectivity index is 2.27. The van der Waals surface area contributed by atoms with Gasteiger partial charge in [0.2, 0.25) is 0 Å². The lowest BCUT2D eigenvalue weighted by Gasteiger charge is -2.38. The monoisotopic (exact) mass is 242 g/mol. The molecular formula is C6H11O8P. The molecule has 0 radical (unpaired) electrons. The van der Waals surface area contributed by atoms with E-state index in [2.05, 4.69) is 9.05 Å². The first-order valence-electron chi connectivity index (χ1n) is 4.25. The van der Waals surface area contributed by atoms with Gasteiger partial charge in [0.15, 0.2) is 0 Å². The molecule has 9 heteroatoms. The van der Waals surface area contributed by atoms with Crippen LogP contribution in [0.1, 0.15) is 0 Å². The van der Waals surface area contributed by atoms with Crippen LogP contribution in [-0.4, -0.2) is 61.9 Å². The van der Waals surface area contributed by atoms with Crippen LogP contribution < -0.4 is 0 Å². The van der Waals surface area contributed by atoms with Crippen LogP contribution in [0.25, 0.3) is 0 Å². The number of aliphatic hydroxyl groups is 4. The molecular weight excluding hydrogens is 231 g/mol. The summed E-state index contributed by atoms with van der Waals surface area (Å²) in [4.78, 5) is 8.96. The number of hydrogen-bond donors (Lipinski definition) is 5. The molecule has 2 rings (SSSR count). The molecule has 8 nitrogen and oxygen atoms in total. The van der Waals surface area contributed by atoms with E-state index in [4.69, 9.17) is 4.89 Å². The van der Waals surface area contributed by atoms with Crippen LogP contribution >= 0.6 is 7.82 Å². The molecule has 6 atom stereocenters. The van der Waals surface area contributed by atoms with Crippen molar-refractivity contribution in [2.75, 3.05) is 0 Å². The standard InChI is InChI=1S/C6H11O8P/c7-1-2(8)4(10)6-5(3(1)9)13-15(11,12)14-6/h1-10H,(H,11,12)/t1-,2-,3+,4+,5?,6?/m0/s1. The van der Waals surface area contributed by atoms with Crippen molar-refractivity contribution in [2.45, 2.75) is 36.6 Å². The molecule has 0 aromatic rings. The van der Waals surface area contributed by atoms with E-state index in [9.17, 15) is 25.0 Å². The van der Waals surface area contributed by atoms with E-state index >= 15 is 0 Å². The van der Waals surface area contributed by atoms with Crippen molar-refractivity contribution in [3.8, 4) is 0 Å². The molecule has 1 saturated heterocycles. The Kier molecular flexibility index (Phi) is 2.65. The quantitative estimate of drug-likeness (QED) is 0.290. The molecule has 2 unspecified atom stereocenters. The maximum atomic E-state index is 11.0. The Bertz CT molecular complexity index is 282. The zero-order valence-corrected chi connectivity index (χ0v) is 8.27. The first kappa shape index (κ1) is 11.4. The molecule has 88 valence electrons. The van der Waals surface area contributed by atoms with Gasteiger partial charge in [0.1, 0.15) is 36.6 Å². The second kappa shape index (κ2) is 3.47. The van der Waals surface area contributed by atoms with Crippen molar-refractivity contribution in [1.29, 1.82) is 0 Å². The maximum absolute atomic E-state index is 11.0. The summed E-state index contributed by atoms with van der Waals surface area (Å²) in [5, 5.41) is 37.4. The highest BCUT2D eigenvalue weighted by Gasteiger charge is 2.58. The highest BCUT2D eigenvalue weighted by Crippen LogP contribution is 2.55. The average Bonchev–Trinajstić information content (AvgIpc) is 2.48. The molecule has 0 aromatic heterocycles. The van der Waals surface area contributed by atoms with E-state index in [1.807, 2.05) is 0 Å². The van der Waals surface area contributed by atoms with Crippen LogP contribution in [0.3, 0.4) is 0 Å². The molecule has 0 amide bonds. The van der Waals surface area contributed by atoms with Crippen molar-refractivity contribution < 1.29 is 38.9 Å². The third-order valence-corrected chi connectivity index (χ3v) is 3.58. The van der Waals surface area contributed by atoms with Crippen LogP contribution in [0.5, 0.6) is 0 Å². The number of fused-ring (bicyclic) bond motifs is 1. The van der Waals surface area contributed by atoms with Crippen LogP contribution in [0, 0.1) is 0 Å². The Morgan fingerprint density at radius 2 is 1.13 bits per heavy atom. The van der Waals surface area contributed by atoms with Crippen molar-refractivity contribution >= 4 is 7.82 Å². The summed E-state index contributed by atoms with van der Waals surface area (Å²) < 4.78 is 19.9. The normalized spacial score (nSPS) is 60.3. The Labute approximate surface area is 84.3 Å². The molecule has 0 aromatic carbocycles. The number of hydrogen-bond acceptors (Lipinski definition) is 7. The second-order valence-electron chi connectivity index (χ2n) is 3.57. The lowest BCUT2D eigenvalue weighted by Crippen LogP contribution is -2.62. The summed E-state index contributed by atoms with van der Waals surface area (Å²) in [5.74, 6) is 0. The fourth-order valence-electron chi connectivity index (χ4n) is 1.76. The number of phosphoric ester groups is 1. The first-order valence-corrected chi connectivity index (χ1v) is 5.75. The Morgan fingerprint density at radius 3 is 1.47 bits per heavy atom. The van der Waals surface area contributed by atoms with Gasteiger partial charge in [-0.25, -0.2) is 4.57 Å². The van der Waals surface area contributed by atoms with Crippen LogP contribution in [0.15, 0.2) is 0 Å². The summed E-state index contributed by atoms with van der Waals surface area (Å²) in [5.41, 5.74) is 0. The lowest BCUT2D eigenvalue weighted by atomic mass is 9.85. The Hall–Kier alpha value is -0.0500. The van der Waals surface area contributed by atoms with Gasteiger partial charge in [0.05, 0.1) is 0 Å². The van der Waals surface area contributed by atoms with E-state index in [1.165, 1.54) is 0 Å². The van der Waals surface area contributed by atoms with Crippen LogP contribution in [0.4, 0.5) is 0 Å². The zero-order chi connectivity index (χ0) is 11.4. The van der Waals surface area contributed by atoms with Gasteiger partial charge in [-0.1, -0.05) is 0 Å². The summed E-state index contributed by atoms with van der Waals surface area (Å²) >= 11 is 0. The lowest BCUT2D eigenvalue weighted by molar-refractivity contribution is -0.192. The maximum Gasteiger partial charge on any atom is 0.473 e. The van der Waals surface area contributed by atoms with Gasteiger partial charge in [0.25, 0.3) is 0 Å². The largest absolute Gasteiger partial charge is 0.473 e. The molecule has 15 heavy (non-hydrogen) atoms. The average molecular weight is 242 g/mol. The second-order valence-corrected chi connectivity index (χ2v) is 4.93. The molecule has 5 N–H and O–H groups in total. The van der Waals surface area contributed by atoms with Gasteiger partial charge in [0, 0.05) is 0 Å². The van der Waals surface area contributed by atoms with E-state index in [1.54, 1.807) is 0 Å². The van der Waals surface area contributed by atoms with Gasteiger partial charge < -0.3 is 25.3 Å². The summed E-state index contributed by atoms with van der Waals surface area (Å²) in [6.45, 7) is 0. The number of phosphoric acid groups is 1. The van der Waals surface area contributed by atoms with Gasteiger partial charge in [-0.3, -0.25) is 9.05 Å². The third-order valence-electron chi connectivity index (χ3n) is 2.56. The van der Waals surface area contributed by atoms with Gasteiger partial charge >= 0.3 is 7.82 Å². The van der Waals surface area contributed by atoms with Gasteiger partial charge in [-0.15, -0.1) is 0 Å². The van der Waals surface area contributed by atoms with Crippen molar-refractivity contribution in [3.63, 3.8) is 0 Å². The molecule has 1 aliphatic carbocycles. The van der Waals surface area contributed by atoms with Crippen molar-refractivity contribution in [2.24, 2.45) is 0 Å². The minimum Gasteiger partial charge on any atom is -0.387 e. The van der Waals surface area contributed by atoms with Gasteiger partial charge in [-0.05, 0) is 0 Å². The molecule has 1 heterocycles. The van der Waals surface area contributed by atoms with E-state index < -0.39 is 44.4 Å². The van der Waals surface area contributed by atoms with Crippen molar-refractivity contribution in [3.05, 3.63) is 0 Å². The van der Waals surface area contributed by atoms with Crippen molar-refractivity contribution in [1.82, 2.24) is 0 Å². The minimum absolute atomic E-state index is 1.32. The Morgan fingerprint density at radius 1 is 0.800 bits per heavy atom. The zero-order valence-electron chi connectivity index (χ0n) is 7.37. The molecule has 0 bridgehead atoms. The fourth-order valence-corrected chi connectivity index (χ4v) is 2.91. The highest BCUT2D eigenvalue weighted by molar-refractivity contribution is 7.47. The molecule has 0 spiro atoms. The number of aliphatic hydroxyl groups excluding tert-OH is 4. The number of rotatable bonds is 0. The smallest absolute Gasteiger partial charge is 0.387 e. The predicted octanol–water partition coefficient (Wildman–Crippen LogP) is -2.67. The first-order chi connectivity index (χ1) is 6.83. The molecule has 2 aliphatic rings. The molecule has 2 fully saturated rings. The predicted molar refractivity (Wildman–Crippen MR) is 43.6 cm³/mol. The third kappa shape index (κ3) is 1.73. The molecule has 1 saturated carbocycles. The van der Waals surface area contributed by atoms with E-state index in [0.717, 1.165) is 0 Å². The minimum atomic E-state index is -4.32. The summed E-state index contributed by atoms with van der Waals surface area (Å²) in [7, 11) is -4.32. The van der Waals surface area contributed by atoms with Gasteiger partial charge in [-0.2, -0.15) is 0 Å². The van der Waals surface area contributed by atoms with Crippen LogP contribution in [0.2, 0.25) is 0 Å². The fraction of sp³-hybridized carbons (Fsp3) is 1.00. The highest BCUT2D eigenvalue weighted by atomic mass is 31.2. The summed E-state index contributed by atoms with van der Waals surface area (Å²) in [6, 6.07) is 0. The van der Waals surface area contributed by atoms with E-state index in [-0.39, 0.29) is 0 Å². The van der Waals surface area contributed by atoms with E-state index in [0.29, 0.717) is 0 Å². The van der Waals surface area contributed by atoms with Crippen LogP contribution in [-0.2, 0) is 13.6 Å². The topological polar surface area (TPSA) is 137 Å². The SMILES string of the molecule is O=P1(O)OC2C(O1)[C@H](O)[C@@H](O)[C@H](O)[C@H]2O. The molecule has 1 aliphatic heterocycles. The summed E-state index contributed by atoms with van der Waals surface area (Å²) in [6.07, 6.45) is -9.12.